The number of carbonyl (C=O) groups excluding carboxylic acids is 1. The number of carbonyl (C=O) groups is 1. The van der Waals surface area contributed by atoms with E-state index in [0.29, 0.717) is 6.54 Å². The molecule has 1 unspecified atom stereocenters. The van der Waals surface area contributed by atoms with Crippen LogP contribution in [0.25, 0.3) is 0 Å². The molecule has 1 atom stereocenters. The molecule has 4 nitrogen and oxygen atoms in total. The van der Waals surface area contributed by atoms with Gasteiger partial charge >= 0.3 is 0 Å². The Labute approximate surface area is 85.2 Å². The zero-order valence-electron chi connectivity index (χ0n) is 9.22. The van der Waals surface area contributed by atoms with E-state index >= 15 is 0 Å². The SMILES string of the molecule is CC1(CNC(=O)C(C)(C)N)CCCO1. The first-order valence-electron chi connectivity index (χ1n) is 5.05. The summed E-state index contributed by atoms with van der Waals surface area (Å²) in [6, 6.07) is 0. The third-order valence-corrected chi connectivity index (χ3v) is 2.51. The van der Waals surface area contributed by atoms with Crippen LogP contribution in [0.5, 0.6) is 0 Å². The lowest BCUT2D eigenvalue weighted by Gasteiger charge is -2.26. The second-order valence-corrected chi connectivity index (χ2v) is 4.81. The summed E-state index contributed by atoms with van der Waals surface area (Å²) in [4.78, 5) is 11.5. The van der Waals surface area contributed by atoms with E-state index in [1.165, 1.54) is 0 Å². The van der Waals surface area contributed by atoms with Crippen molar-refractivity contribution in [1.82, 2.24) is 5.32 Å². The van der Waals surface area contributed by atoms with Crippen LogP contribution in [0, 0.1) is 0 Å². The second kappa shape index (κ2) is 3.87. The van der Waals surface area contributed by atoms with Crippen LogP contribution in [0.3, 0.4) is 0 Å². The van der Waals surface area contributed by atoms with Crippen molar-refractivity contribution >= 4 is 5.91 Å². The predicted molar refractivity (Wildman–Crippen MR) is 54.9 cm³/mol. The van der Waals surface area contributed by atoms with Gasteiger partial charge in [0.2, 0.25) is 5.91 Å². The number of amides is 1. The van der Waals surface area contributed by atoms with E-state index in [1.807, 2.05) is 6.92 Å². The van der Waals surface area contributed by atoms with Crippen molar-refractivity contribution in [1.29, 1.82) is 0 Å². The molecule has 1 fully saturated rings. The molecule has 1 aliphatic rings. The Morgan fingerprint density at radius 3 is 2.71 bits per heavy atom. The van der Waals surface area contributed by atoms with Gasteiger partial charge in [0.1, 0.15) is 0 Å². The Kier molecular flexibility index (Phi) is 3.17. The Morgan fingerprint density at radius 1 is 1.64 bits per heavy atom. The van der Waals surface area contributed by atoms with Crippen LogP contribution < -0.4 is 11.1 Å². The van der Waals surface area contributed by atoms with Crippen LogP contribution in [-0.4, -0.2) is 30.2 Å². The average molecular weight is 200 g/mol. The van der Waals surface area contributed by atoms with Gasteiger partial charge in [-0.2, -0.15) is 0 Å². The lowest BCUT2D eigenvalue weighted by Crippen LogP contribution is -2.52. The standard InChI is InChI=1S/C10H20N2O2/c1-9(2,11)8(13)12-7-10(3)5-4-6-14-10/h4-7,11H2,1-3H3,(H,12,13). The van der Waals surface area contributed by atoms with E-state index < -0.39 is 5.54 Å². The first-order chi connectivity index (χ1) is 6.33. The van der Waals surface area contributed by atoms with Gasteiger partial charge < -0.3 is 15.8 Å². The summed E-state index contributed by atoms with van der Waals surface area (Å²) in [7, 11) is 0. The number of ether oxygens (including phenoxy) is 1. The maximum Gasteiger partial charge on any atom is 0.239 e. The summed E-state index contributed by atoms with van der Waals surface area (Å²) < 4.78 is 5.55. The number of nitrogens with one attached hydrogen (secondary N) is 1. The van der Waals surface area contributed by atoms with Crippen LogP contribution in [0.4, 0.5) is 0 Å². The molecule has 4 heteroatoms. The summed E-state index contributed by atoms with van der Waals surface area (Å²) in [5, 5.41) is 2.82. The van der Waals surface area contributed by atoms with Crippen LogP contribution in [0.1, 0.15) is 33.6 Å². The van der Waals surface area contributed by atoms with E-state index in [2.05, 4.69) is 5.32 Å². The molecule has 1 saturated heterocycles. The van der Waals surface area contributed by atoms with Gasteiger partial charge in [-0.25, -0.2) is 0 Å². The van der Waals surface area contributed by atoms with Gasteiger partial charge in [-0.15, -0.1) is 0 Å². The largest absolute Gasteiger partial charge is 0.373 e. The molecule has 14 heavy (non-hydrogen) atoms. The molecule has 0 aromatic carbocycles. The maximum atomic E-state index is 11.5. The molecule has 0 saturated carbocycles. The molecule has 0 aliphatic carbocycles. The average Bonchev–Trinajstić information content (AvgIpc) is 2.47. The van der Waals surface area contributed by atoms with Crippen LogP contribution in [-0.2, 0) is 9.53 Å². The minimum atomic E-state index is -0.811. The van der Waals surface area contributed by atoms with Gasteiger partial charge in [0.15, 0.2) is 0 Å². The van der Waals surface area contributed by atoms with Gasteiger partial charge in [0.25, 0.3) is 0 Å². The highest BCUT2D eigenvalue weighted by atomic mass is 16.5. The summed E-state index contributed by atoms with van der Waals surface area (Å²) in [6.07, 6.45) is 2.07. The second-order valence-electron chi connectivity index (χ2n) is 4.81. The van der Waals surface area contributed by atoms with E-state index in [0.717, 1.165) is 19.4 Å². The fourth-order valence-electron chi connectivity index (χ4n) is 1.47. The normalized spacial score (nSPS) is 27.7. The molecule has 0 aromatic heterocycles. The lowest BCUT2D eigenvalue weighted by atomic mass is 10.0. The smallest absolute Gasteiger partial charge is 0.239 e. The van der Waals surface area contributed by atoms with Crippen molar-refractivity contribution < 1.29 is 9.53 Å². The monoisotopic (exact) mass is 200 g/mol. The van der Waals surface area contributed by atoms with Crippen LogP contribution in [0.15, 0.2) is 0 Å². The predicted octanol–water partition coefficient (Wildman–Crippen LogP) is 0.409. The quantitative estimate of drug-likeness (QED) is 0.693. The van der Waals surface area contributed by atoms with Crippen molar-refractivity contribution in [3.63, 3.8) is 0 Å². The minimum absolute atomic E-state index is 0.130. The minimum Gasteiger partial charge on any atom is -0.373 e. The number of nitrogens with two attached hydrogens (primary N) is 1. The highest BCUT2D eigenvalue weighted by molar-refractivity contribution is 5.85. The van der Waals surface area contributed by atoms with E-state index in [9.17, 15) is 4.79 Å². The first-order valence-corrected chi connectivity index (χ1v) is 5.05. The number of rotatable bonds is 3. The molecule has 1 amide bonds. The molecular formula is C10H20N2O2. The molecule has 0 radical (unpaired) electrons. The molecule has 0 aromatic rings. The number of hydrogen-bond donors (Lipinski definition) is 2. The van der Waals surface area contributed by atoms with Gasteiger partial charge in [0.05, 0.1) is 11.1 Å². The topological polar surface area (TPSA) is 64.4 Å². The lowest BCUT2D eigenvalue weighted by molar-refractivity contribution is -0.126. The van der Waals surface area contributed by atoms with Gasteiger partial charge in [0, 0.05) is 13.2 Å². The fraction of sp³-hybridized carbons (Fsp3) is 0.900. The zero-order valence-corrected chi connectivity index (χ0v) is 9.22. The third kappa shape index (κ3) is 2.96. The number of hydrogen-bond acceptors (Lipinski definition) is 3. The highest BCUT2D eigenvalue weighted by Crippen LogP contribution is 2.23. The Bertz CT molecular complexity index is 215. The zero-order chi connectivity index (χ0) is 10.8. The van der Waals surface area contributed by atoms with Gasteiger partial charge in [-0.05, 0) is 33.6 Å². The van der Waals surface area contributed by atoms with Crippen LogP contribution >= 0.6 is 0 Å². The van der Waals surface area contributed by atoms with E-state index in [1.54, 1.807) is 13.8 Å². The van der Waals surface area contributed by atoms with Crippen molar-refractivity contribution in [3.8, 4) is 0 Å². The first kappa shape index (κ1) is 11.5. The van der Waals surface area contributed by atoms with Crippen LogP contribution in [0.2, 0.25) is 0 Å². The molecule has 1 rings (SSSR count). The summed E-state index contributed by atoms with van der Waals surface area (Å²) in [6.45, 7) is 6.75. The summed E-state index contributed by atoms with van der Waals surface area (Å²) in [5.41, 5.74) is 4.65. The Hall–Kier alpha value is -0.610. The Balaban J connectivity index is 2.37. The van der Waals surface area contributed by atoms with Gasteiger partial charge in [-0.1, -0.05) is 0 Å². The summed E-state index contributed by atoms with van der Waals surface area (Å²) >= 11 is 0. The Morgan fingerprint density at radius 2 is 2.29 bits per heavy atom. The molecule has 82 valence electrons. The van der Waals surface area contributed by atoms with E-state index in [-0.39, 0.29) is 11.5 Å². The van der Waals surface area contributed by atoms with Crippen molar-refractivity contribution in [2.75, 3.05) is 13.2 Å². The van der Waals surface area contributed by atoms with Crippen molar-refractivity contribution in [2.45, 2.75) is 44.8 Å². The molecule has 0 spiro atoms. The molecule has 1 heterocycles. The van der Waals surface area contributed by atoms with Crippen molar-refractivity contribution in [3.05, 3.63) is 0 Å². The molecule has 3 N–H and O–H groups in total. The maximum absolute atomic E-state index is 11.5. The third-order valence-electron chi connectivity index (χ3n) is 2.51. The molecule has 0 bridgehead atoms. The van der Waals surface area contributed by atoms with Gasteiger partial charge in [-0.3, -0.25) is 4.79 Å². The van der Waals surface area contributed by atoms with Crippen molar-refractivity contribution in [2.24, 2.45) is 5.73 Å². The highest BCUT2D eigenvalue weighted by Gasteiger charge is 2.31. The fourth-order valence-corrected chi connectivity index (χ4v) is 1.47. The van der Waals surface area contributed by atoms with E-state index in [4.69, 9.17) is 10.5 Å². The molecular weight excluding hydrogens is 180 g/mol. The summed E-state index contributed by atoms with van der Waals surface area (Å²) in [5.74, 6) is -0.130. The molecule has 1 aliphatic heterocycles.